The van der Waals surface area contributed by atoms with Gasteiger partial charge in [-0.25, -0.2) is 0 Å². The predicted molar refractivity (Wildman–Crippen MR) is 165 cm³/mol. The number of hydrogen-bond acceptors (Lipinski definition) is 4. The van der Waals surface area contributed by atoms with Gasteiger partial charge < -0.3 is 15.8 Å². The number of aryl methyl sites for hydroxylation is 1. The van der Waals surface area contributed by atoms with E-state index in [4.69, 9.17) is 15.9 Å². The molecule has 0 aliphatic heterocycles. The molecule has 0 heterocycles. The number of methoxy groups -OCH3 is 1. The minimum atomic E-state index is -0.720. The molecule has 41 heavy (non-hydrogen) atoms. The van der Waals surface area contributed by atoms with Crippen LogP contribution in [0.15, 0.2) is 109 Å². The summed E-state index contributed by atoms with van der Waals surface area (Å²) in [6, 6.07) is 32.0. The molecule has 2 atom stereocenters. The molecule has 0 aromatic heterocycles. The van der Waals surface area contributed by atoms with E-state index < -0.39 is 17.9 Å². The van der Waals surface area contributed by atoms with Crippen LogP contribution in [-0.2, 0) is 22.4 Å². The fraction of sp³-hybridized carbons (Fsp3) is 0.171. The summed E-state index contributed by atoms with van der Waals surface area (Å²) in [5.41, 5.74) is 11.9. The van der Waals surface area contributed by atoms with Crippen LogP contribution in [0.1, 0.15) is 39.5 Å². The number of rotatable bonds is 11. The SMILES string of the molecule is CCc1cccc(-c2ccc(C(=O)NC(/C=C/c3ccccc3)C(Cc3cccc(C(=N)N)c3)C(=O)OC)cc2)c1. The van der Waals surface area contributed by atoms with E-state index in [1.54, 1.807) is 30.3 Å². The van der Waals surface area contributed by atoms with Crippen LogP contribution in [0.4, 0.5) is 0 Å². The molecule has 4 aromatic rings. The maximum absolute atomic E-state index is 13.5. The van der Waals surface area contributed by atoms with Crippen molar-refractivity contribution in [3.8, 4) is 11.1 Å². The Morgan fingerprint density at radius 3 is 2.24 bits per heavy atom. The first-order chi connectivity index (χ1) is 19.9. The molecule has 0 radical (unpaired) electrons. The number of hydrogen-bond donors (Lipinski definition) is 3. The second-order valence-corrected chi connectivity index (χ2v) is 9.85. The summed E-state index contributed by atoms with van der Waals surface area (Å²) >= 11 is 0. The van der Waals surface area contributed by atoms with Gasteiger partial charge in [-0.2, -0.15) is 0 Å². The summed E-state index contributed by atoms with van der Waals surface area (Å²) in [5, 5.41) is 10.8. The average molecular weight is 546 g/mol. The zero-order valence-electron chi connectivity index (χ0n) is 23.3. The lowest BCUT2D eigenvalue weighted by molar-refractivity contribution is -0.145. The average Bonchev–Trinajstić information content (AvgIpc) is 3.02. The third-order valence-electron chi connectivity index (χ3n) is 7.04. The van der Waals surface area contributed by atoms with Crippen molar-refractivity contribution >= 4 is 23.8 Å². The molecule has 1 amide bonds. The number of carbonyl (C=O) groups is 2. The Labute approximate surface area is 241 Å². The van der Waals surface area contributed by atoms with Crippen molar-refractivity contribution in [3.05, 3.63) is 137 Å². The van der Waals surface area contributed by atoms with E-state index in [2.05, 4.69) is 30.4 Å². The lowest BCUT2D eigenvalue weighted by Gasteiger charge is -2.24. The third kappa shape index (κ3) is 7.79. The van der Waals surface area contributed by atoms with Crippen LogP contribution in [-0.4, -0.2) is 30.9 Å². The topological polar surface area (TPSA) is 105 Å². The predicted octanol–water partition coefficient (Wildman–Crippen LogP) is 6.04. The highest BCUT2D eigenvalue weighted by Gasteiger charge is 2.30. The molecule has 0 fully saturated rings. The van der Waals surface area contributed by atoms with Gasteiger partial charge in [0.25, 0.3) is 5.91 Å². The van der Waals surface area contributed by atoms with Gasteiger partial charge in [-0.15, -0.1) is 0 Å². The van der Waals surface area contributed by atoms with E-state index in [0.29, 0.717) is 11.1 Å². The lowest BCUT2D eigenvalue weighted by atomic mass is 9.90. The second kappa shape index (κ2) is 13.9. The normalized spacial score (nSPS) is 12.4. The molecule has 6 heteroatoms. The van der Waals surface area contributed by atoms with Gasteiger partial charge in [0.05, 0.1) is 19.1 Å². The van der Waals surface area contributed by atoms with E-state index in [9.17, 15) is 9.59 Å². The summed E-state index contributed by atoms with van der Waals surface area (Å²) in [6.07, 6.45) is 4.95. The largest absolute Gasteiger partial charge is 0.469 e. The minimum absolute atomic E-state index is 0.0554. The van der Waals surface area contributed by atoms with Gasteiger partial charge in [-0.1, -0.05) is 104 Å². The smallest absolute Gasteiger partial charge is 0.311 e. The Morgan fingerprint density at radius 1 is 0.854 bits per heavy atom. The van der Waals surface area contributed by atoms with Gasteiger partial charge in [0.1, 0.15) is 5.84 Å². The van der Waals surface area contributed by atoms with Gasteiger partial charge in [0, 0.05) is 11.1 Å². The van der Waals surface area contributed by atoms with Crippen LogP contribution in [0.25, 0.3) is 17.2 Å². The second-order valence-electron chi connectivity index (χ2n) is 9.85. The van der Waals surface area contributed by atoms with Crippen LogP contribution in [0.5, 0.6) is 0 Å². The number of nitrogens with one attached hydrogen (secondary N) is 2. The molecule has 2 unspecified atom stereocenters. The zero-order chi connectivity index (χ0) is 29.2. The highest BCUT2D eigenvalue weighted by Crippen LogP contribution is 2.23. The van der Waals surface area contributed by atoms with E-state index in [1.165, 1.54) is 12.7 Å². The van der Waals surface area contributed by atoms with E-state index >= 15 is 0 Å². The number of carbonyl (C=O) groups excluding carboxylic acids is 2. The standard InChI is InChI=1S/C35H35N3O3/c1-3-24-11-7-13-29(21-24)27-16-18-28(19-17-27)34(39)38-32(20-15-25-9-5-4-6-10-25)31(35(40)41-2)23-26-12-8-14-30(22-26)33(36)37/h4-22,31-32H,3,23H2,1-2H3,(H3,36,37)(H,38,39)/b20-15+. The Morgan fingerprint density at radius 2 is 1.56 bits per heavy atom. The maximum atomic E-state index is 13.5. The fourth-order valence-corrected chi connectivity index (χ4v) is 4.71. The molecule has 0 saturated carbocycles. The van der Waals surface area contributed by atoms with Crippen molar-refractivity contribution in [3.63, 3.8) is 0 Å². The number of ether oxygens (including phenoxy) is 1. The number of amidine groups is 1. The first kappa shape index (κ1) is 29.0. The Hall–Kier alpha value is -4.97. The summed E-state index contributed by atoms with van der Waals surface area (Å²) < 4.78 is 5.18. The number of amides is 1. The van der Waals surface area contributed by atoms with E-state index in [0.717, 1.165) is 28.7 Å². The summed E-state index contributed by atoms with van der Waals surface area (Å²) in [7, 11) is 1.34. The highest BCUT2D eigenvalue weighted by molar-refractivity contribution is 5.96. The number of nitrogens with two attached hydrogens (primary N) is 1. The van der Waals surface area contributed by atoms with E-state index in [-0.39, 0.29) is 18.2 Å². The van der Waals surface area contributed by atoms with Crippen molar-refractivity contribution in [2.75, 3.05) is 7.11 Å². The van der Waals surface area contributed by atoms with Crippen molar-refractivity contribution in [1.82, 2.24) is 5.32 Å². The van der Waals surface area contributed by atoms with Crippen molar-refractivity contribution in [2.45, 2.75) is 25.8 Å². The third-order valence-corrected chi connectivity index (χ3v) is 7.04. The van der Waals surface area contributed by atoms with E-state index in [1.807, 2.05) is 66.7 Å². The van der Waals surface area contributed by atoms with Crippen LogP contribution < -0.4 is 11.1 Å². The zero-order valence-corrected chi connectivity index (χ0v) is 23.3. The quantitative estimate of drug-likeness (QED) is 0.121. The molecule has 0 spiro atoms. The molecule has 0 aliphatic carbocycles. The monoisotopic (exact) mass is 545 g/mol. The Kier molecular flexibility index (Phi) is 9.84. The molecule has 4 N–H and O–H groups in total. The Balaban J connectivity index is 1.62. The highest BCUT2D eigenvalue weighted by atomic mass is 16.5. The molecule has 0 saturated heterocycles. The molecule has 0 aliphatic rings. The lowest BCUT2D eigenvalue weighted by Crippen LogP contribution is -2.43. The number of benzene rings is 4. The molecular weight excluding hydrogens is 510 g/mol. The van der Waals surface area contributed by atoms with Crippen molar-refractivity contribution in [2.24, 2.45) is 11.7 Å². The van der Waals surface area contributed by atoms with Gasteiger partial charge in [-0.05, 0) is 58.9 Å². The first-order valence-corrected chi connectivity index (χ1v) is 13.6. The van der Waals surface area contributed by atoms with Gasteiger partial charge in [0.2, 0.25) is 0 Å². The maximum Gasteiger partial charge on any atom is 0.311 e. The van der Waals surface area contributed by atoms with Gasteiger partial charge in [0.15, 0.2) is 0 Å². The fourth-order valence-electron chi connectivity index (χ4n) is 4.71. The number of nitrogen functional groups attached to an aromatic ring is 1. The van der Waals surface area contributed by atoms with Gasteiger partial charge >= 0.3 is 5.97 Å². The molecule has 4 aromatic carbocycles. The van der Waals surface area contributed by atoms with Crippen LogP contribution >= 0.6 is 0 Å². The molecule has 6 nitrogen and oxygen atoms in total. The van der Waals surface area contributed by atoms with Crippen molar-refractivity contribution < 1.29 is 14.3 Å². The summed E-state index contributed by atoms with van der Waals surface area (Å²) in [5.74, 6) is -1.53. The first-order valence-electron chi connectivity index (χ1n) is 13.6. The van der Waals surface area contributed by atoms with Crippen LogP contribution in [0.2, 0.25) is 0 Å². The molecule has 4 rings (SSSR count). The minimum Gasteiger partial charge on any atom is -0.469 e. The molecule has 0 bridgehead atoms. The van der Waals surface area contributed by atoms with Crippen LogP contribution in [0, 0.1) is 11.3 Å². The summed E-state index contributed by atoms with van der Waals surface area (Å²) in [4.78, 5) is 26.6. The molecule has 208 valence electrons. The number of esters is 1. The molecular formula is C35H35N3O3. The van der Waals surface area contributed by atoms with Gasteiger partial charge in [-0.3, -0.25) is 15.0 Å². The summed E-state index contributed by atoms with van der Waals surface area (Å²) in [6.45, 7) is 2.12. The van der Waals surface area contributed by atoms with Crippen LogP contribution in [0.3, 0.4) is 0 Å². The Bertz CT molecular complexity index is 1530. The van der Waals surface area contributed by atoms with Crippen molar-refractivity contribution in [1.29, 1.82) is 5.41 Å².